The van der Waals surface area contributed by atoms with Crippen LogP contribution in [0, 0.1) is 0 Å². The third-order valence-electron chi connectivity index (χ3n) is 5.55. The fourth-order valence-corrected chi connectivity index (χ4v) is 4.60. The molecule has 0 N–H and O–H groups in total. The molecule has 0 atom stereocenters. The first-order valence-corrected chi connectivity index (χ1v) is 13.0. The summed E-state index contributed by atoms with van der Waals surface area (Å²) in [6.45, 7) is 4.71. The highest BCUT2D eigenvalue weighted by Crippen LogP contribution is 2.31. The van der Waals surface area contributed by atoms with Gasteiger partial charge in [0.2, 0.25) is 11.7 Å². The maximum absolute atomic E-state index is 6.10. The number of rotatable bonds is 9. The Bertz CT molecular complexity index is 1430. The van der Waals surface area contributed by atoms with Gasteiger partial charge in [-0.1, -0.05) is 47.6 Å². The van der Waals surface area contributed by atoms with Crippen molar-refractivity contribution in [1.29, 1.82) is 0 Å². The first-order chi connectivity index (χ1) is 17.6. The van der Waals surface area contributed by atoms with Crippen molar-refractivity contribution >= 4 is 23.4 Å². The van der Waals surface area contributed by atoms with Crippen molar-refractivity contribution in [2.75, 3.05) is 6.61 Å². The van der Waals surface area contributed by atoms with Gasteiger partial charge in [-0.3, -0.25) is 4.57 Å². The highest BCUT2D eigenvalue weighted by atomic mass is 35.5. The van der Waals surface area contributed by atoms with E-state index < -0.39 is 0 Å². The van der Waals surface area contributed by atoms with Crippen LogP contribution in [-0.2, 0) is 12.2 Å². The number of benzene rings is 3. The van der Waals surface area contributed by atoms with Crippen LogP contribution < -0.4 is 4.74 Å². The van der Waals surface area contributed by atoms with Gasteiger partial charge in [-0.25, -0.2) is 0 Å². The van der Waals surface area contributed by atoms with Crippen molar-refractivity contribution in [3.05, 3.63) is 89.3 Å². The molecule has 0 fully saturated rings. The molecule has 0 spiro atoms. The molecule has 2 heterocycles. The van der Waals surface area contributed by atoms with E-state index in [9.17, 15) is 0 Å². The van der Waals surface area contributed by atoms with Crippen LogP contribution in [0.25, 0.3) is 28.5 Å². The average Bonchev–Trinajstić information content (AvgIpc) is 3.56. The van der Waals surface area contributed by atoms with Crippen molar-refractivity contribution in [2.24, 2.45) is 0 Å². The summed E-state index contributed by atoms with van der Waals surface area (Å²) >= 11 is 7.59. The second kappa shape index (κ2) is 11.0. The number of nitrogens with zero attached hydrogens (tertiary/aromatic N) is 5. The van der Waals surface area contributed by atoms with Gasteiger partial charge in [0.05, 0.1) is 12.4 Å². The van der Waals surface area contributed by atoms with Gasteiger partial charge >= 0.3 is 0 Å². The molecule has 0 radical (unpaired) electrons. The molecule has 0 aliphatic carbocycles. The minimum atomic E-state index is 0.454. The average molecular weight is 518 g/mol. The SMILES string of the molecule is CCOc1ccc(-c2noc(CSc3nnc(-c4ccc(Cl)cc4)n3-c3ccc(CC)cc3)n2)cc1. The Labute approximate surface area is 218 Å². The molecule has 36 heavy (non-hydrogen) atoms. The third kappa shape index (κ3) is 5.29. The summed E-state index contributed by atoms with van der Waals surface area (Å²) in [4.78, 5) is 4.56. The largest absolute Gasteiger partial charge is 0.494 e. The van der Waals surface area contributed by atoms with E-state index in [1.165, 1.54) is 17.3 Å². The zero-order valence-electron chi connectivity index (χ0n) is 19.9. The number of aromatic nitrogens is 5. The quantitative estimate of drug-likeness (QED) is 0.197. The van der Waals surface area contributed by atoms with E-state index in [1.54, 1.807) is 0 Å². The van der Waals surface area contributed by atoms with E-state index in [4.69, 9.17) is 20.9 Å². The zero-order valence-corrected chi connectivity index (χ0v) is 21.5. The van der Waals surface area contributed by atoms with Crippen LogP contribution in [0.15, 0.2) is 82.5 Å². The Balaban J connectivity index is 1.40. The normalized spacial score (nSPS) is 11.1. The van der Waals surface area contributed by atoms with Crippen molar-refractivity contribution in [1.82, 2.24) is 24.9 Å². The highest BCUT2D eigenvalue weighted by molar-refractivity contribution is 7.98. The summed E-state index contributed by atoms with van der Waals surface area (Å²) < 4.78 is 13.1. The van der Waals surface area contributed by atoms with Gasteiger partial charge in [-0.2, -0.15) is 4.98 Å². The van der Waals surface area contributed by atoms with E-state index in [0.717, 1.165) is 40.0 Å². The van der Waals surface area contributed by atoms with Gasteiger partial charge in [0.1, 0.15) is 5.75 Å². The molecule has 182 valence electrons. The fourth-order valence-electron chi connectivity index (χ4n) is 3.69. The van der Waals surface area contributed by atoms with Crippen LogP contribution in [0.4, 0.5) is 0 Å². The predicted octanol–water partition coefficient (Wildman–Crippen LogP) is 6.89. The Morgan fingerprint density at radius 3 is 2.31 bits per heavy atom. The molecular formula is C27H24ClN5O2S. The number of hydrogen-bond donors (Lipinski definition) is 0. The smallest absolute Gasteiger partial charge is 0.237 e. The van der Waals surface area contributed by atoms with Crippen molar-refractivity contribution in [2.45, 2.75) is 31.2 Å². The maximum atomic E-state index is 6.10. The van der Waals surface area contributed by atoms with Gasteiger partial charge in [0.25, 0.3) is 0 Å². The summed E-state index contributed by atoms with van der Waals surface area (Å²) in [6, 6.07) is 23.6. The third-order valence-corrected chi connectivity index (χ3v) is 6.72. The van der Waals surface area contributed by atoms with Gasteiger partial charge in [-0.05, 0) is 79.6 Å². The standard InChI is InChI=1S/C27H24ClN5O2S/c1-3-18-5-13-22(14-6-18)33-26(20-7-11-21(28)12-8-20)30-31-27(33)36-17-24-29-25(32-35-24)19-9-15-23(16-10-19)34-4-2/h5-16H,3-4,17H2,1-2H3. The molecule has 3 aromatic carbocycles. The number of ether oxygens (including phenoxy) is 1. The Morgan fingerprint density at radius 2 is 1.61 bits per heavy atom. The number of aryl methyl sites for hydroxylation is 1. The maximum Gasteiger partial charge on any atom is 0.237 e. The zero-order chi connectivity index (χ0) is 24.9. The molecule has 2 aromatic heterocycles. The first-order valence-electron chi connectivity index (χ1n) is 11.6. The van der Waals surface area contributed by atoms with Crippen LogP contribution >= 0.6 is 23.4 Å². The lowest BCUT2D eigenvalue weighted by molar-refractivity contribution is 0.340. The van der Waals surface area contributed by atoms with Crippen LogP contribution in [0.3, 0.4) is 0 Å². The van der Waals surface area contributed by atoms with Crippen molar-refractivity contribution in [3.63, 3.8) is 0 Å². The lowest BCUT2D eigenvalue weighted by Crippen LogP contribution is -2.00. The Morgan fingerprint density at radius 1 is 0.889 bits per heavy atom. The molecule has 0 aliphatic rings. The highest BCUT2D eigenvalue weighted by Gasteiger charge is 2.18. The van der Waals surface area contributed by atoms with Crippen LogP contribution in [0.2, 0.25) is 5.02 Å². The summed E-state index contributed by atoms with van der Waals surface area (Å²) in [5.74, 6) is 3.04. The molecule has 5 rings (SSSR count). The molecule has 0 unspecified atom stereocenters. The second-order valence-corrected chi connectivity index (χ2v) is 9.31. The molecule has 0 amide bonds. The topological polar surface area (TPSA) is 78.9 Å². The lowest BCUT2D eigenvalue weighted by atomic mass is 10.1. The number of hydrogen-bond acceptors (Lipinski definition) is 7. The fraction of sp³-hybridized carbons (Fsp3) is 0.185. The second-order valence-electron chi connectivity index (χ2n) is 7.93. The monoisotopic (exact) mass is 517 g/mol. The molecule has 0 saturated carbocycles. The summed E-state index contributed by atoms with van der Waals surface area (Å²) in [5.41, 5.74) is 4.03. The molecule has 9 heteroatoms. The molecular weight excluding hydrogens is 494 g/mol. The molecule has 5 aromatic rings. The lowest BCUT2D eigenvalue weighted by Gasteiger charge is -2.11. The van der Waals surface area contributed by atoms with Gasteiger partial charge < -0.3 is 9.26 Å². The summed E-state index contributed by atoms with van der Waals surface area (Å²) in [5, 5.41) is 14.5. The van der Waals surface area contributed by atoms with E-state index in [2.05, 4.69) is 51.5 Å². The molecule has 0 aliphatic heterocycles. The van der Waals surface area contributed by atoms with Gasteiger partial charge in [0, 0.05) is 21.8 Å². The summed E-state index contributed by atoms with van der Waals surface area (Å²) in [7, 11) is 0. The van der Waals surface area contributed by atoms with E-state index in [1.807, 2.05) is 60.0 Å². The van der Waals surface area contributed by atoms with E-state index in [0.29, 0.717) is 29.1 Å². The van der Waals surface area contributed by atoms with E-state index >= 15 is 0 Å². The van der Waals surface area contributed by atoms with Gasteiger partial charge in [-0.15, -0.1) is 10.2 Å². The van der Waals surface area contributed by atoms with Crippen molar-refractivity contribution < 1.29 is 9.26 Å². The van der Waals surface area contributed by atoms with Crippen LogP contribution in [0.5, 0.6) is 5.75 Å². The van der Waals surface area contributed by atoms with Crippen molar-refractivity contribution in [3.8, 4) is 34.2 Å². The Hall–Kier alpha value is -3.62. The Kier molecular flexibility index (Phi) is 7.34. The first kappa shape index (κ1) is 24.1. The van der Waals surface area contributed by atoms with Crippen LogP contribution in [-0.4, -0.2) is 31.5 Å². The van der Waals surface area contributed by atoms with Crippen LogP contribution in [0.1, 0.15) is 25.3 Å². The minimum Gasteiger partial charge on any atom is -0.494 e. The molecule has 0 saturated heterocycles. The number of thioether (sulfide) groups is 1. The van der Waals surface area contributed by atoms with E-state index in [-0.39, 0.29) is 0 Å². The molecule has 0 bridgehead atoms. The predicted molar refractivity (Wildman–Crippen MR) is 142 cm³/mol. The minimum absolute atomic E-state index is 0.454. The molecule has 7 nitrogen and oxygen atoms in total. The summed E-state index contributed by atoms with van der Waals surface area (Å²) in [6.07, 6.45) is 0.974. The van der Waals surface area contributed by atoms with Gasteiger partial charge in [0.15, 0.2) is 11.0 Å². The number of halogens is 1.